The lowest BCUT2D eigenvalue weighted by atomic mass is 10.5. The molecule has 0 aliphatic carbocycles. The Morgan fingerprint density at radius 3 is 2.75 bits per heavy atom. The Bertz CT molecular complexity index is 537. The van der Waals surface area contributed by atoms with Crippen LogP contribution in [-0.2, 0) is 0 Å². The van der Waals surface area contributed by atoms with Crippen LogP contribution in [0.4, 0.5) is 5.95 Å². The number of rotatable bonds is 8. The van der Waals surface area contributed by atoms with E-state index < -0.39 is 0 Å². The van der Waals surface area contributed by atoms with Crippen LogP contribution in [0.1, 0.15) is 20.8 Å². The van der Waals surface area contributed by atoms with Gasteiger partial charge in [0.1, 0.15) is 12.1 Å². The number of hydrogen-bond acceptors (Lipinski definition) is 6. The van der Waals surface area contributed by atoms with Crippen LogP contribution < -0.4 is 10.1 Å². The SMILES string of the molecule is CCNc1nc(OCCN(CC)CC)c2[nH]cnc2n1. The maximum absolute atomic E-state index is 5.79. The second kappa shape index (κ2) is 7.04. The van der Waals surface area contributed by atoms with Crippen LogP contribution in [0.15, 0.2) is 6.33 Å². The third-order valence-corrected chi connectivity index (χ3v) is 3.13. The van der Waals surface area contributed by atoms with Crippen molar-refractivity contribution in [3.63, 3.8) is 0 Å². The molecule has 0 fully saturated rings. The highest BCUT2D eigenvalue weighted by Crippen LogP contribution is 2.20. The molecule has 0 bridgehead atoms. The van der Waals surface area contributed by atoms with Gasteiger partial charge >= 0.3 is 0 Å². The van der Waals surface area contributed by atoms with Crippen LogP contribution >= 0.6 is 0 Å². The molecule has 0 aliphatic rings. The topological polar surface area (TPSA) is 79.0 Å². The third kappa shape index (κ3) is 3.36. The van der Waals surface area contributed by atoms with Gasteiger partial charge < -0.3 is 19.9 Å². The Balaban J connectivity index is 2.09. The first-order chi connectivity index (χ1) is 9.78. The van der Waals surface area contributed by atoms with Crippen molar-refractivity contribution in [3.05, 3.63) is 6.33 Å². The van der Waals surface area contributed by atoms with E-state index in [1.165, 1.54) is 0 Å². The van der Waals surface area contributed by atoms with Crippen molar-refractivity contribution in [2.24, 2.45) is 0 Å². The number of H-pyrrole nitrogens is 1. The molecule has 2 rings (SSSR count). The van der Waals surface area contributed by atoms with Gasteiger partial charge in [-0.2, -0.15) is 9.97 Å². The molecule has 110 valence electrons. The summed E-state index contributed by atoms with van der Waals surface area (Å²) < 4.78 is 5.79. The number of fused-ring (bicyclic) bond motifs is 1. The molecule has 2 aromatic rings. The number of aromatic nitrogens is 4. The summed E-state index contributed by atoms with van der Waals surface area (Å²) in [5.41, 5.74) is 1.36. The van der Waals surface area contributed by atoms with Gasteiger partial charge in [0.15, 0.2) is 5.65 Å². The van der Waals surface area contributed by atoms with E-state index in [2.05, 4.69) is 44.0 Å². The smallest absolute Gasteiger partial charge is 0.245 e. The molecular formula is C13H22N6O. The van der Waals surface area contributed by atoms with E-state index in [1.54, 1.807) is 6.33 Å². The molecule has 2 heterocycles. The molecular weight excluding hydrogens is 256 g/mol. The molecule has 0 atom stereocenters. The van der Waals surface area contributed by atoms with Crippen LogP contribution in [0.25, 0.3) is 11.2 Å². The molecule has 0 aliphatic heterocycles. The average Bonchev–Trinajstić information content (AvgIpc) is 2.92. The van der Waals surface area contributed by atoms with Gasteiger partial charge in [-0.1, -0.05) is 13.8 Å². The molecule has 0 spiro atoms. The zero-order valence-electron chi connectivity index (χ0n) is 12.3. The lowest BCUT2D eigenvalue weighted by molar-refractivity contribution is 0.219. The number of hydrogen-bond donors (Lipinski definition) is 2. The van der Waals surface area contributed by atoms with E-state index in [0.717, 1.165) is 31.7 Å². The maximum Gasteiger partial charge on any atom is 0.245 e. The summed E-state index contributed by atoms with van der Waals surface area (Å²) >= 11 is 0. The second-order valence-corrected chi connectivity index (χ2v) is 4.36. The van der Waals surface area contributed by atoms with Gasteiger partial charge in [0.2, 0.25) is 11.8 Å². The number of nitrogens with one attached hydrogen (secondary N) is 2. The standard InChI is InChI=1S/C13H22N6O/c1-4-14-13-17-11-10(15-9-16-11)12(18-13)20-8-7-19(5-2)6-3/h9H,4-8H2,1-3H3,(H2,14,15,16,17,18). The monoisotopic (exact) mass is 278 g/mol. The van der Waals surface area contributed by atoms with Gasteiger partial charge in [-0.3, -0.25) is 0 Å². The molecule has 2 aromatic heterocycles. The summed E-state index contributed by atoms with van der Waals surface area (Å²) in [5, 5.41) is 3.08. The van der Waals surface area contributed by atoms with E-state index in [1.807, 2.05) is 6.92 Å². The van der Waals surface area contributed by atoms with Crippen molar-refractivity contribution in [1.82, 2.24) is 24.8 Å². The fraction of sp³-hybridized carbons (Fsp3) is 0.615. The molecule has 7 nitrogen and oxygen atoms in total. The maximum atomic E-state index is 5.79. The van der Waals surface area contributed by atoms with Crippen molar-refractivity contribution in [1.29, 1.82) is 0 Å². The minimum absolute atomic E-state index is 0.546. The van der Waals surface area contributed by atoms with Gasteiger partial charge in [0.05, 0.1) is 6.33 Å². The third-order valence-electron chi connectivity index (χ3n) is 3.13. The molecule has 0 radical (unpaired) electrons. The van der Waals surface area contributed by atoms with Gasteiger partial charge in [-0.25, -0.2) is 4.98 Å². The van der Waals surface area contributed by atoms with E-state index in [4.69, 9.17) is 4.74 Å². The van der Waals surface area contributed by atoms with Crippen molar-refractivity contribution in [2.75, 3.05) is 38.1 Å². The highest BCUT2D eigenvalue weighted by atomic mass is 16.5. The molecule has 0 amide bonds. The molecule has 0 saturated carbocycles. The van der Waals surface area contributed by atoms with Gasteiger partial charge in [-0.05, 0) is 20.0 Å². The zero-order chi connectivity index (χ0) is 14.4. The minimum Gasteiger partial charge on any atom is -0.475 e. The van der Waals surface area contributed by atoms with Gasteiger partial charge in [0, 0.05) is 13.1 Å². The summed E-state index contributed by atoms with van der Waals surface area (Å²) in [6.07, 6.45) is 1.60. The van der Waals surface area contributed by atoms with Crippen LogP contribution in [0.2, 0.25) is 0 Å². The number of imidazole rings is 1. The second-order valence-electron chi connectivity index (χ2n) is 4.36. The Labute approximate surface area is 118 Å². The number of aromatic amines is 1. The van der Waals surface area contributed by atoms with Crippen LogP contribution in [0.5, 0.6) is 5.88 Å². The molecule has 2 N–H and O–H groups in total. The Kier molecular flexibility index (Phi) is 5.11. The predicted molar refractivity (Wildman–Crippen MR) is 79.1 cm³/mol. The number of nitrogens with zero attached hydrogens (tertiary/aromatic N) is 4. The van der Waals surface area contributed by atoms with Crippen LogP contribution in [0, 0.1) is 0 Å². The van der Waals surface area contributed by atoms with Crippen LogP contribution in [0.3, 0.4) is 0 Å². The first kappa shape index (κ1) is 14.5. The fourth-order valence-electron chi connectivity index (χ4n) is 1.96. The number of anilines is 1. The van der Waals surface area contributed by atoms with Crippen molar-refractivity contribution >= 4 is 17.1 Å². The molecule has 0 unspecified atom stereocenters. The Morgan fingerprint density at radius 2 is 2.05 bits per heavy atom. The predicted octanol–water partition coefficient (Wildman–Crippen LogP) is 1.51. The highest BCUT2D eigenvalue weighted by molar-refractivity contribution is 5.76. The van der Waals surface area contributed by atoms with E-state index in [-0.39, 0.29) is 0 Å². The zero-order valence-corrected chi connectivity index (χ0v) is 12.3. The first-order valence-corrected chi connectivity index (χ1v) is 7.08. The fourth-order valence-corrected chi connectivity index (χ4v) is 1.96. The summed E-state index contributed by atoms with van der Waals surface area (Å²) in [6.45, 7) is 10.6. The summed E-state index contributed by atoms with van der Waals surface area (Å²) in [7, 11) is 0. The summed E-state index contributed by atoms with van der Waals surface area (Å²) in [4.78, 5) is 18.2. The van der Waals surface area contributed by atoms with E-state index >= 15 is 0 Å². The van der Waals surface area contributed by atoms with Gasteiger partial charge in [0.25, 0.3) is 0 Å². The Hall–Kier alpha value is -1.89. The van der Waals surface area contributed by atoms with Crippen molar-refractivity contribution in [3.8, 4) is 5.88 Å². The van der Waals surface area contributed by atoms with Gasteiger partial charge in [-0.15, -0.1) is 0 Å². The quantitative estimate of drug-likeness (QED) is 0.762. The van der Waals surface area contributed by atoms with E-state index in [0.29, 0.717) is 24.1 Å². The summed E-state index contributed by atoms with van der Waals surface area (Å²) in [5.74, 6) is 1.10. The molecule has 20 heavy (non-hydrogen) atoms. The first-order valence-electron chi connectivity index (χ1n) is 7.08. The summed E-state index contributed by atoms with van der Waals surface area (Å²) in [6, 6.07) is 0. The molecule has 0 aromatic carbocycles. The Morgan fingerprint density at radius 1 is 1.25 bits per heavy atom. The van der Waals surface area contributed by atoms with Crippen molar-refractivity contribution < 1.29 is 4.74 Å². The number of ether oxygens (including phenoxy) is 1. The largest absolute Gasteiger partial charge is 0.475 e. The van der Waals surface area contributed by atoms with Crippen molar-refractivity contribution in [2.45, 2.75) is 20.8 Å². The average molecular weight is 278 g/mol. The highest BCUT2D eigenvalue weighted by Gasteiger charge is 2.11. The molecule has 7 heteroatoms. The minimum atomic E-state index is 0.546. The van der Waals surface area contributed by atoms with Crippen LogP contribution in [-0.4, -0.2) is 57.6 Å². The molecule has 0 saturated heterocycles. The number of likely N-dealkylation sites (N-methyl/N-ethyl adjacent to an activating group) is 1. The lowest BCUT2D eigenvalue weighted by Crippen LogP contribution is -2.28. The normalized spacial score (nSPS) is 11.2. The van der Waals surface area contributed by atoms with E-state index in [9.17, 15) is 0 Å². The lowest BCUT2D eigenvalue weighted by Gasteiger charge is -2.17.